The van der Waals surface area contributed by atoms with E-state index < -0.39 is 11.9 Å². The van der Waals surface area contributed by atoms with Gasteiger partial charge in [0.15, 0.2) is 18.1 Å². The molecule has 1 N–H and O–H groups in total. The van der Waals surface area contributed by atoms with E-state index >= 15 is 0 Å². The molecule has 0 radical (unpaired) electrons. The van der Waals surface area contributed by atoms with Crippen LogP contribution >= 0.6 is 27.7 Å². The molecular weight excluding hydrogens is 434 g/mol. The van der Waals surface area contributed by atoms with E-state index in [4.69, 9.17) is 14.2 Å². The van der Waals surface area contributed by atoms with Crippen molar-refractivity contribution in [3.63, 3.8) is 0 Å². The lowest BCUT2D eigenvalue weighted by molar-refractivity contribution is -0.144. The Labute approximate surface area is 169 Å². The van der Waals surface area contributed by atoms with E-state index in [-0.39, 0.29) is 19.2 Å². The average molecular weight is 452 g/mol. The third-order valence-corrected chi connectivity index (χ3v) is 5.81. The number of nitrogens with one attached hydrogen (secondary N) is 1. The van der Waals surface area contributed by atoms with Crippen LogP contribution in [0.5, 0.6) is 11.5 Å². The molecule has 0 saturated carbocycles. The zero-order chi connectivity index (χ0) is 19.4. The first-order valence-corrected chi connectivity index (χ1v) is 9.95. The normalized spacial score (nSPS) is 12.0. The van der Waals surface area contributed by atoms with Crippen LogP contribution in [0.25, 0.3) is 0 Å². The molecule has 0 bridgehead atoms. The molecule has 1 heterocycles. The number of aryl methyl sites for hydroxylation is 2. The average Bonchev–Trinajstić information content (AvgIpc) is 3.09. The summed E-state index contributed by atoms with van der Waals surface area (Å²) in [6.45, 7) is 3.80. The van der Waals surface area contributed by atoms with Gasteiger partial charge in [0.25, 0.3) is 5.91 Å². The van der Waals surface area contributed by atoms with E-state index in [0.29, 0.717) is 17.2 Å². The molecular formula is C19H18BrNO5S. The van der Waals surface area contributed by atoms with Crippen molar-refractivity contribution in [2.45, 2.75) is 18.7 Å². The Morgan fingerprint density at radius 3 is 2.74 bits per heavy atom. The van der Waals surface area contributed by atoms with Gasteiger partial charge in [0.05, 0.1) is 5.75 Å². The van der Waals surface area contributed by atoms with E-state index in [1.54, 1.807) is 18.2 Å². The largest absolute Gasteiger partial charge is 0.455 e. The van der Waals surface area contributed by atoms with Crippen molar-refractivity contribution in [1.29, 1.82) is 0 Å². The van der Waals surface area contributed by atoms with Gasteiger partial charge in [0.2, 0.25) is 6.79 Å². The summed E-state index contributed by atoms with van der Waals surface area (Å²) in [5.41, 5.74) is 2.72. The zero-order valence-electron chi connectivity index (χ0n) is 14.8. The Hall–Kier alpha value is -2.19. The van der Waals surface area contributed by atoms with Gasteiger partial charge in [-0.25, -0.2) is 0 Å². The van der Waals surface area contributed by atoms with Crippen LogP contribution in [0.1, 0.15) is 11.1 Å². The van der Waals surface area contributed by atoms with Gasteiger partial charge >= 0.3 is 5.97 Å². The first-order valence-electron chi connectivity index (χ1n) is 8.17. The standard InChI is InChI=1S/C19H18BrNO5S/c1-11-6-17(12(2)5-14(11)20)27-9-19(23)24-8-18(22)21-13-3-4-15-16(7-13)26-10-25-15/h3-7H,8-10H2,1-2H3,(H,21,22). The topological polar surface area (TPSA) is 73.9 Å². The maximum absolute atomic E-state index is 12.0. The van der Waals surface area contributed by atoms with E-state index in [0.717, 1.165) is 20.5 Å². The molecule has 1 amide bonds. The Morgan fingerprint density at radius 1 is 1.15 bits per heavy atom. The van der Waals surface area contributed by atoms with Crippen LogP contribution in [0.3, 0.4) is 0 Å². The van der Waals surface area contributed by atoms with Crippen LogP contribution in [0.15, 0.2) is 39.7 Å². The molecule has 1 aliphatic heterocycles. The van der Waals surface area contributed by atoms with E-state index in [1.807, 2.05) is 26.0 Å². The molecule has 0 aromatic heterocycles. The molecule has 0 aliphatic carbocycles. The van der Waals surface area contributed by atoms with Crippen molar-refractivity contribution < 1.29 is 23.8 Å². The summed E-state index contributed by atoms with van der Waals surface area (Å²) in [6.07, 6.45) is 0. The van der Waals surface area contributed by atoms with Crippen molar-refractivity contribution in [3.05, 3.63) is 45.9 Å². The van der Waals surface area contributed by atoms with Gasteiger partial charge in [-0.3, -0.25) is 9.59 Å². The maximum atomic E-state index is 12.0. The third kappa shape index (κ3) is 5.17. The minimum atomic E-state index is -0.444. The second kappa shape index (κ2) is 8.67. The molecule has 0 atom stereocenters. The van der Waals surface area contributed by atoms with Crippen LogP contribution in [0.2, 0.25) is 0 Å². The number of amides is 1. The van der Waals surface area contributed by atoms with Gasteiger partial charge in [-0.05, 0) is 49.2 Å². The monoisotopic (exact) mass is 451 g/mol. The van der Waals surface area contributed by atoms with E-state index in [1.165, 1.54) is 11.8 Å². The number of benzene rings is 2. The third-order valence-electron chi connectivity index (χ3n) is 3.82. The van der Waals surface area contributed by atoms with Gasteiger partial charge in [-0.15, -0.1) is 11.8 Å². The van der Waals surface area contributed by atoms with Crippen LogP contribution in [-0.2, 0) is 14.3 Å². The number of thioether (sulfide) groups is 1. The lowest BCUT2D eigenvalue weighted by Gasteiger charge is -2.09. The molecule has 2 aromatic rings. The minimum Gasteiger partial charge on any atom is -0.455 e. The number of hydrogen-bond donors (Lipinski definition) is 1. The summed E-state index contributed by atoms with van der Waals surface area (Å²) in [5.74, 6) is 0.485. The van der Waals surface area contributed by atoms with Crippen molar-refractivity contribution in [1.82, 2.24) is 0 Å². The number of rotatable bonds is 6. The molecule has 6 nitrogen and oxygen atoms in total. The molecule has 0 unspecified atom stereocenters. The number of halogens is 1. The van der Waals surface area contributed by atoms with Gasteiger partial charge in [0.1, 0.15) is 0 Å². The molecule has 0 spiro atoms. The highest BCUT2D eigenvalue weighted by atomic mass is 79.9. The quantitative estimate of drug-likeness (QED) is 0.526. The Morgan fingerprint density at radius 2 is 1.93 bits per heavy atom. The van der Waals surface area contributed by atoms with Gasteiger partial charge in [-0.1, -0.05) is 15.9 Å². The predicted octanol–water partition coefficient (Wildman–Crippen LogP) is 4.07. The molecule has 27 heavy (non-hydrogen) atoms. The van der Waals surface area contributed by atoms with Crippen molar-refractivity contribution in [2.24, 2.45) is 0 Å². The summed E-state index contributed by atoms with van der Waals surface area (Å²) in [7, 11) is 0. The van der Waals surface area contributed by atoms with E-state index in [2.05, 4.69) is 21.2 Å². The first kappa shape index (κ1) is 19.6. The molecule has 0 fully saturated rings. The lowest BCUT2D eigenvalue weighted by atomic mass is 10.2. The number of carbonyl (C=O) groups excluding carboxylic acids is 2. The number of fused-ring (bicyclic) bond motifs is 1. The van der Waals surface area contributed by atoms with Crippen LogP contribution in [0.4, 0.5) is 5.69 Å². The second-order valence-electron chi connectivity index (χ2n) is 5.93. The van der Waals surface area contributed by atoms with Crippen LogP contribution in [-0.4, -0.2) is 31.0 Å². The van der Waals surface area contributed by atoms with E-state index in [9.17, 15) is 9.59 Å². The molecule has 1 aliphatic rings. The molecule has 142 valence electrons. The predicted molar refractivity (Wildman–Crippen MR) is 106 cm³/mol. The van der Waals surface area contributed by atoms with Crippen LogP contribution < -0.4 is 14.8 Å². The Bertz CT molecular complexity index is 887. The van der Waals surface area contributed by atoms with Crippen molar-refractivity contribution >= 4 is 45.3 Å². The summed E-state index contributed by atoms with van der Waals surface area (Å²) < 4.78 is 16.5. The van der Waals surface area contributed by atoms with Gasteiger partial charge in [-0.2, -0.15) is 0 Å². The summed E-state index contributed by atoms with van der Waals surface area (Å²) in [4.78, 5) is 24.9. The van der Waals surface area contributed by atoms with Gasteiger partial charge < -0.3 is 19.5 Å². The van der Waals surface area contributed by atoms with Crippen LogP contribution in [0, 0.1) is 13.8 Å². The number of anilines is 1. The lowest BCUT2D eigenvalue weighted by Crippen LogP contribution is -2.21. The van der Waals surface area contributed by atoms with Crippen molar-refractivity contribution in [2.75, 3.05) is 24.5 Å². The Kier molecular flexibility index (Phi) is 6.28. The van der Waals surface area contributed by atoms with Gasteiger partial charge in [0, 0.05) is 21.1 Å². The summed E-state index contributed by atoms with van der Waals surface area (Å²) in [5, 5.41) is 2.66. The van der Waals surface area contributed by atoms with Crippen molar-refractivity contribution in [3.8, 4) is 11.5 Å². The minimum absolute atomic E-state index is 0.138. The number of ether oxygens (including phenoxy) is 3. The number of esters is 1. The second-order valence-corrected chi connectivity index (χ2v) is 7.80. The first-order chi connectivity index (χ1) is 12.9. The fourth-order valence-corrected chi connectivity index (χ4v) is 3.77. The molecule has 3 rings (SSSR count). The smallest absolute Gasteiger partial charge is 0.316 e. The highest BCUT2D eigenvalue weighted by Crippen LogP contribution is 2.34. The zero-order valence-corrected chi connectivity index (χ0v) is 17.2. The summed E-state index contributed by atoms with van der Waals surface area (Å²) in [6, 6.07) is 9.10. The highest BCUT2D eigenvalue weighted by molar-refractivity contribution is 9.10. The Balaban J connectivity index is 1.45. The SMILES string of the molecule is Cc1cc(SCC(=O)OCC(=O)Nc2ccc3c(c2)OCO3)c(C)cc1Br. The number of carbonyl (C=O) groups is 2. The fraction of sp³-hybridized carbons (Fsp3) is 0.263. The number of hydrogen-bond acceptors (Lipinski definition) is 6. The molecule has 2 aromatic carbocycles. The fourth-order valence-electron chi connectivity index (χ4n) is 2.41. The highest BCUT2D eigenvalue weighted by Gasteiger charge is 2.15. The molecule has 8 heteroatoms. The molecule has 0 saturated heterocycles. The summed E-state index contributed by atoms with van der Waals surface area (Å²) >= 11 is 4.87. The maximum Gasteiger partial charge on any atom is 0.316 e.